The van der Waals surface area contributed by atoms with Gasteiger partial charge in [-0.2, -0.15) is 0 Å². The number of hydrogen-bond donors (Lipinski definition) is 1. The van der Waals surface area contributed by atoms with E-state index in [9.17, 15) is 0 Å². The van der Waals surface area contributed by atoms with Crippen molar-refractivity contribution in [3.05, 3.63) is 0 Å². The molecule has 0 heterocycles. The molecule has 0 radical (unpaired) electrons. The predicted molar refractivity (Wildman–Crippen MR) is 65.1 cm³/mol. The zero-order chi connectivity index (χ0) is 10.9. The Bertz CT molecular complexity index is 143. The van der Waals surface area contributed by atoms with Crippen LogP contribution >= 0.6 is 0 Å². The fourth-order valence-corrected chi connectivity index (χ4v) is 2.41. The molecule has 2 nitrogen and oxygen atoms in total. The number of hydrogen-bond acceptors (Lipinski definition) is 2. The SMILES string of the molecule is COCCC(C)NCCC1CCCCC1. The first kappa shape index (κ1) is 13.0. The van der Waals surface area contributed by atoms with E-state index in [0.717, 1.165) is 18.9 Å². The van der Waals surface area contributed by atoms with Crippen LogP contribution in [-0.4, -0.2) is 26.3 Å². The van der Waals surface area contributed by atoms with E-state index in [1.807, 2.05) is 0 Å². The molecule has 1 saturated carbocycles. The molecule has 0 aliphatic heterocycles. The molecule has 0 spiro atoms. The number of rotatable bonds is 7. The highest BCUT2D eigenvalue weighted by atomic mass is 16.5. The van der Waals surface area contributed by atoms with Gasteiger partial charge >= 0.3 is 0 Å². The fraction of sp³-hybridized carbons (Fsp3) is 1.00. The van der Waals surface area contributed by atoms with E-state index in [0.29, 0.717) is 6.04 Å². The van der Waals surface area contributed by atoms with E-state index in [4.69, 9.17) is 4.74 Å². The largest absolute Gasteiger partial charge is 0.385 e. The summed E-state index contributed by atoms with van der Waals surface area (Å²) >= 11 is 0. The lowest BCUT2D eigenvalue weighted by Crippen LogP contribution is -2.29. The van der Waals surface area contributed by atoms with Gasteiger partial charge in [-0.3, -0.25) is 0 Å². The van der Waals surface area contributed by atoms with E-state index >= 15 is 0 Å². The van der Waals surface area contributed by atoms with Gasteiger partial charge in [0.05, 0.1) is 0 Å². The van der Waals surface area contributed by atoms with Crippen LogP contribution in [0.1, 0.15) is 51.9 Å². The van der Waals surface area contributed by atoms with Crippen LogP contribution in [0.2, 0.25) is 0 Å². The molecule has 1 N–H and O–H groups in total. The lowest BCUT2D eigenvalue weighted by molar-refractivity contribution is 0.184. The van der Waals surface area contributed by atoms with Gasteiger partial charge in [0.25, 0.3) is 0 Å². The van der Waals surface area contributed by atoms with Gasteiger partial charge in [0, 0.05) is 19.8 Å². The molecular weight excluding hydrogens is 186 g/mol. The Morgan fingerprint density at radius 3 is 2.67 bits per heavy atom. The third-order valence-electron chi connectivity index (χ3n) is 3.53. The summed E-state index contributed by atoms with van der Waals surface area (Å²) in [5, 5.41) is 3.58. The quantitative estimate of drug-likeness (QED) is 0.702. The van der Waals surface area contributed by atoms with Crippen molar-refractivity contribution in [2.75, 3.05) is 20.3 Å². The highest BCUT2D eigenvalue weighted by Gasteiger charge is 2.12. The Morgan fingerprint density at radius 2 is 2.00 bits per heavy atom. The zero-order valence-corrected chi connectivity index (χ0v) is 10.4. The van der Waals surface area contributed by atoms with E-state index in [2.05, 4.69) is 12.2 Å². The molecule has 15 heavy (non-hydrogen) atoms. The van der Waals surface area contributed by atoms with Crippen molar-refractivity contribution < 1.29 is 4.74 Å². The van der Waals surface area contributed by atoms with Gasteiger partial charge in [-0.15, -0.1) is 0 Å². The second-order valence-electron chi connectivity index (χ2n) is 4.93. The lowest BCUT2D eigenvalue weighted by atomic mass is 9.87. The molecule has 0 aromatic carbocycles. The molecular formula is C13H27NO. The average molecular weight is 213 g/mol. The smallest absolute Gasteiger partial charge is 0.0476 e. The minimum Gasteiger partial charge on any atom is -0.385 e. The van der Waals surface area contributed by atoms with Crippen molar-refractivity contribution >= 4 is 0 Å². The molecule has 1 fully saturated rings. The van der Waals surface area contributed by atoms with E-state index < -0.39 is 0 Å². The van der Waals surface area contributed by atoms with E-state index in [1.54, 1.807) is 7.11 Å². The van der Waals surface area contributed by atoms with Crippen LogP contribution < -0.4 is 5.32 Å². The zero-order valence-electron chi connectivity index (χ0n) is 10.4. The molecule has 1 atom stereocenters. The summed E-state index contributed by atoms with van der Waals surface area (Å²) in [6.07, 6.45) is 9.82. The van der Waals surface area contributed by atoms with Crippen molar-refractivity contribution in [1.82, 2.24) is 5.32 Å². The van der Waals surface area contributed by atoms with Gasteiger partial charge < -0.3 is 10.1 Å². The maximum absolute atomic E-state index is 5.07. The normalized spacial score (nSPS) is 20.4. The summed E-state index contributed by atoms with van der Waals surface area (Å²) in [6, 6.07) is 0.605. The van der Waals surface area contributed by atoms with Gasteiger partial charge in [-0.05, 0) is 32.2 Å². The van der Waals surface area contributed by atoms with Crippen LogP contribution in [0, 0.1) is 5.92 Å². The highest BCUT2D eigenvalue weighted by Crippen LogP contribution is 2.25. The Hall–Kier alpha value is -0.0800. The average Bonchev–Trinajstić information content (AvgIpc) is 2.28. The third kappa shape index (κ3) is 6.16. The van der Waals surface area contributed by atoms with Crippen LogP contribution in [0.5, 0.6) is 0 Å². The van der Waals surface area contributed by atoms with Gasteiger partial charge in [0.15, 0.2) is 0 Å². The molecule has 0 aromatic heterocycles. The summed E-state index contributed by atoms with van der Waals surface area (Å²) < 4.78 is 5.07. The summed E-state index contributed by atoms with van der Waals surface area (Å²) in [5.74, 6) is 1.00. The predicted octanol–water partition coefficient (Wildman–Crippen LogP) is 2.97. The van der Waals surface area contributed by atoms with Crippen molar-refractivity contribution in [2.45, 2.75) is 57.9 Å². The maximum Gasteiger partial charge on any atom is 0.0476 e. The molecule has 0 amide bonds. The van der Waals surface area contributed by atoms with Gasteiger partial charge in [-0.25, -0.2) is 0 Å². The summed E-state index contributed by atoms with van der Waals surface area (Å²) in [5.41, 5.74) is 0. The van der Waals surface area contributed by atoms with Gasteiger partial charge in [0.1, 0.15) is 0 Å². The highest BCUT2D eigenvalue weighted by molar-refractivity contribution is 4.68. The third-order valence-corrected chi connectivity index (χ3v) is 3.53. The second kappa shape index (κ2) is 8.12. The molecule has 0 aromatic rings. The summed E-state index contributed by atoms with van der Waals surface area (Å²) in [4.78, 5) is 0. The van der Waals surface area contributed by atoms with Crippen molar-refractivity contribution in [2.24, 2.45) is 5.92 Å². The van der Waals surface area contributed by atoms with Crippen LogP contribution in [0.25, 0.3) is 0 Å². The van der Waals surface area contributed by atoms with Crippen LogP contribution in [0.4, 0.5) is 0 Å². The first-order chi connectivity index (χ1) is 7.33. The first-order valence-electron chi connectivity index (χ1n) is 6.55. The second-order valence-corrected chi connectivity index (χ2v) is 4.93. The molecule has 1 aliphatic rings. The summed E-state index contributed by atoms with van der Waals surface area (Å²) in [6.45, 7) is 4.31. The lowest BCUT2D eigenvalue weighted by Gasteiger charge is -2.22. The van der Waals surface area contributed by atoms with Crippen molar-refractivity contribution in [3.8, 4) is 0 Å². The monoisotopic (exact) mass is 213 g/mol. The maximum atomic E-state index is 5.07. The minimum absolute atomic E-state index is 0.605. The summed E-state index contributed by atoms with van der Waals surface area (Å²) in [7, 11) is 1.77. The van der Waals surface area contributed by atoms with E-state index in [1.165, 1.54) is 45.1 Å². The topological polar surface area (TPSA) is 21.3 Å². The molecule has 0 saturated heterocycles. The Balaban J connectivity index is 1.94. The number of ether oxygens (including phenoxy) is 1. The van der Waals surface area contributed by atoms with Crippen LogP contribution in [-0.2, 0) is 4.74 Å². The van der Waals surface area contributed by atoms with Gasteiger partial charge in [0.2, 0.25) is 0 Å². The minimum atomic E-state index is 0.605. The van der Waals surface area contributed by atoms with Crippen LogP contribution in [0.15, 0.2) is 0 Å². The van der Waals surface area contributed by atoms with Crippen LogP contribution in [0.3, 0.4) is 0 Å². The van der Waals surface area contributed by atoms with E-state index in [-0.39, 0.29) is 0 Å². The number of methoxy groups -OCH3 is 1. The molecule has 0 bridgehead atoms. The molecule has 1 aliphatic carbocycles. The molecule has 1 unspecified atom stereocenters. The Morgan fingerprint density at radius 1 is 1.27 bits per heavy atom. The van der Waals surface area contributed by atoms with Gasteiger partial charge in [-0.1, -0.05) is 32.1 Å². The Kier molecular flexibility index (Phi) is 7.03. The first-order valence-corrected chi connectivity index (χ1v) is 6.55. The van der Waals surface area contributed by atoms with Crippen molar-refractivity contribution in [1.29, 1.82) is 0 Å². The number of nitrogens with one attached hydrogen (secondary N) is 1. The standard InChI is InChI=1S/C13H27NO/c1-12(9-11-15-2)14-10-8-13-6-4-3-5-7-13/h12-14H,3-11H2,1-2H3. The van der Waals surface area contributed by atoms with Crippen molar-refractivity contribution in [3.63, 3.8) is 0 Å². The molecule has 1 rings (SSSR count). The molecule has 90 valence electrons. The Labute approximate surface area is 94.8 Å². The fourth-order valence-electron chi connectivity index (χ4n) is 2.41. The molecule has 2 heteroatoms.